The van der Waals surface area contributed by atoms with Gasteiger partial charge in [0.1, 0.15) is 6.61 Å². The monoisotopic (exact) mass is 212 g/mol. The largest absolute Gasteiger partial charge is 0.463 e. The number of esters is 1. The van der Waals surface area contributed by atoms with E-state index in [0.717, 1.165) is 0 Å². The van der Waals surface area contributed by atoms with Gasteiger partial charge in [-0.25, -0.2) is 0 Å². The van der Waals surface area contributed by atoms with Crippen LogP contribution in [0, 0.1) is 0 Å². The van der Waals surface area contributed by atoms with E-state index >= 15 is 0 Å². The third-order valence-electron chi connectivity index (χ3n) is 1.70. The van der Waals surface area contributed by atoms with E-state index in [4.69, 9.17) is 4.42 Å². The minimum absolute atomic E-state index is 0.124. The Morgan fingerprint density at radius 3 is 2.87 bits per heavy atom. The van der Waals surface area contributed by atoms with Gasteiger partial charge in [0.05, 0.1) is 12.4 Å². The number of Topliss-reactive ketones (excluding diaryl/α,β-unsaturated/α-hetero) is 1. The molecular formula is C10H12O5. The third kappa shape index (κ3) is 3.95. The van der Waals surface area contributed by atoms with Crippen LogP contribution in [0.3, 0.4) is 0 Å². The van der Waals surface area contributed by atoms with E-state index < -0.39 is 12.1 Å². The van der Waals surface area contributed by atoms with Gasteiger partial charge in [-0.1, -0.05) is 0 Å². The Kier molecular flexibility index (Phi) is 4.05. The van der Waals surface area contributed by atoms with Gasteiger partial charge < -0.3 is 14.3 Å². The summed E-state index contributed by atoms with van der Waals surface area (Å²) in [6.45, 7) is 1.06. The maximum atomic E-state index is 11.4. The highest BCUT2D eigenvalue weighted by molar-refractivity contribution is 5.93. The highest BCUT2D eigenvalue weighted by Crippen LogP contribution is 2.06. The van der Waals surface area contributed by atoms with Crippen LogP contribution in [-0.2, 0) is 9.53 Å². The number of aliphatic hydroxyl groups excluding tert-OH is 1. The minimum atomic E-state index is -0.994. The summed E-state index contributed by atoms with van der Waals surface area (Å²) in [7, 11) is 0. The molecule has 1 N–H and O–H groups in total. The number of hydrogen-bond acceptors (Lipinski definition) is 5. The third-order valence-corrected chi connectivity index (χ3v) is 1.70. The molecule has 5 heteroatoms. The van der Waals surface area contributed by atoms with E-state index in [9.17, 15) is 14.7 Å². The second-order valence-corrected chi connectivity index (χ2v) is 3.06. The maximum Gasteiger partial charge on any atom is 0.302 e. The van der Waals surface area contributed by atoms with Crippen LogP contribution in [0.5, 0.6) is 0 Å². The second-order valence-electron chi connectivity index (χ2n) is 3.06. The van der Waals surface area contributed by atoms with E-state index in [0.29, 0.717) is 0 Å². The fraction of sp³-hybridized carbons (Fsp3) is 0.400. The number of ketones is 1. The zero-order chi connectivity index (χ0) is 11.3. The van der Waals surface area contributed by atoms with Gasteiger partial charge in [-0.15, -0.1) is 0 Å². The van der Waals surface area contributed by atoms with Gasteiger partial charge in [-0.3, -0.25) is 9.59 Å². The zero-order valence-electron chi connectivity index (χ0n) is 8.30. The maximum absolute atomic E-state index is 11.4. The number of furan rings is 1. The molecule has 1 atom stereocenters. The van der Waals surface area contributed by atoms with Crippen molar-refractivity contribution in [2.75, 3.05) is 6.61 Å². The van der Waals surface area contributed by atoms with Gasteiger partial charge in [0.15, 0.2) is 5.76 Å². The summed E-state index contributed by atoms with van der Waals surface area (Å²) >= 11 is 0. The number of ether oxygens (including phenoxy) is 1. The fourth-order valence-electron chi connectivity index (χ4n) is 1.02. The first-order chi connectivity index (χ1) is 7.09. The van der Waals surface area contributed by atoms with Crippen LogP contribution < -0.4 is 0 Å². The molecule has 1 heterocycles. The van der Waals surface area contributed by atoms with Crippen molar-refractivity contribution in [3.63, 3.8) is 0 Å². The van der Waals surface area contributed by atoms with Crippen molar-refractivity contribution in [1.82, 2.24) is 0 Å². The average Bonchev–Trinajstić information content (AvgIpc) is 2.67. The fourth-order valence-corrected chi connectivity index (χ4v) is 1.02. The molecule has 1 aromatic heterocycles. The van der Waals surface area contributed by atoms with E-state index in [1.54, 1.807) is 6.07 Å². The summed E-state index contributed by atoms with van der Waals surface area (Å²) < 4.78 is 9.40. The lowest BCUT2D eigenvalue weighted by Gasteiger charge is -2.08. The molecule has 1 rings (SSSR count). The quantitative estimate of drug-likeness (QED) is 0.576. The Morgan fingerprint density at radius 1 is 1.60 bits per heavy atom. The molecule has 1 aromatic rings. The van der Waals surface area contributed by atoms with Crippen LogP contribution in [0.2, 0.25) is 0 Å². The van der Waals surface area contributed by atoms with Crippen LogP contribution in [0.25, 0.3) is 0 Å². The lowest BCUT2D eigenvalue weighted by Crippen LogP contribution is -2.20. The predicted octanol–water partition coefficient (Wildman–Crippen LogP) is 0.776. The van der Waals surface area contributed by atoms with Gasteiger partial charge in [-0.2, -0.15) is 0 Å². The van der Waals surface area contributed by atoms with Crippen molar-refractivity contribution in [2.24, 2.45) is 0 Å². The molecular weight excluding hydrogens is 200 g/mol. The Balaban J connectivity index is 2.35. The lowest BCUT2D eigenvalue weighted by molar-refractivity contribution is -0.143. The first-order valence-electron chi connectivity index (χ1n) is 4.47. The van der Waals surface area contributed by atoms with E-state index in [-0.39, 0.29) is 24.6 Å². The molecule has 5 nitrogen and oxygen atoms in total. The molecule has 0 spiro atoms. The molecule has 0 saturated carbocycles. The van der Waals surface area contributed by atoms with Crippen LogP contribution >= 0.6 is 0 Å². The molecule has 0 bridgehead atoms. The van der Waals surface area contributed by atoms with E-state index in [2.05, 4.69) is 4.74 Å². The van der Waals surface area contributed by atoms with Crippen LogP contribution in [-0.4, -0.2) is 29.6 Å². The zero-order valence-corrected chi connectivity index (χ0v) is 8.30. The SMILES string of the molecule is CC(=O)OC[C@H](O)CC(=O)c1ccco1. The Morgan fingerprint density at radius 2 is 2.33 bits per heavy atom. The molecule has 0 unspecified atom stereocenters. The summed E-state index contributed by atoms with van der Waals surface area (Å²) in [4.78, 5) is 21.8. The summed E-state index contributed by atoms with van der Waals surface area (Å²) in [5.41, 5.74) is 0. The molecule has 0 aliphatic carbocycles. The van der Waals surface area contributed by atoms with Crippen molar-refractivity contribution in [1.29, 1.82) is 0 Å². The van der Waals surface area contributed by atoms with Gasteiger partial charge in [0.25, 0.3) is 0 Å². The molecule has 0 radical (unpaired) electrons. The summed E-state index contributed by atoms with van der Waals surface area (Å²) in [6, 6.07) is 3.10. The summed E-state index contributed by atoms with van der Waals surface area (Å²) in [5, 5.41) is 9.33. The molecule has 15 heavy (non-hydrogen) atoms. The molecule has 0 aliphatic heterocycles. The Labute approximate surface area is 86.6 Å². The summed E-state index contributed by atoms with van der Waals surface area (Å²) in [5.74, 6) is -0.615. The lowest BCUT2D eigenvalue weighted by atomic mass is 10.1. The Bertz CT molecular complexity index is 328. The van der Waals surface area contributed by atoms with Crippen molar-refractivity contribution in [3.05, 3.63) is 24.2 Å². The smallest absolute Gasteiger partial charge is 0.302 e. The van der Waals surface area contributed by atoms with Crippen LogP contribution in [0.4, 0.5) is 0 Å². The number of carbonyl (C=O) groups is 2. The van der Waals surface area contributed by atoms with Gasteiger partial charge in [0, 0.05) is 13.3 Å². The van der Waals surface area contributed by atoms with Crippen molar-refractivity contribution >= 4 is 11.8 Å². The molecule has 0 aromatic carbocycles. The molecule has 0 fully saturated rings. The number of aliphatic hydroxyl groups is 1. The van der Waals surface area contributed by atoms with E-state index in [1.807, 2.05) is 0 Å². The normalized spacial score (nSPS) is 12.1. The first kappa shape index (κ1) is 11.5. The molecule has 0 saturated heterocycles. The summed E-state index contributed by atoms with van der Waals surface area (Å²) in [6.07, 6.45) is 0.262. The molecule has 82 valence electrons. The topological polar surface area (TPSA) is 76.7 Å². The van der Waals surface area contributed by atoms with Crippen LogP contribution in [0.1, 0.15) is 23.9 Å². The predicted molar refractivity (Wildman–Crippen MR) is 50.3 cm³/mol. The molecule has 0 amide bonds. The van der Waals surface area contributed by atoms with Gasteiger partial charge in [0.2, 0.25) is 5.78 Å². The first-order valence-corrected chi connectivity index (χ1v) is 4.47. The van der Waals surface area contributed by atoms with Gasteiger partial charge >= 0.3 is 5.97 Å². The number of rotatable bonds is 5. The average molecular weight is 212 g/mol. The number of carbonyl (C=O) groups excluding carboxylic acids is 2. The Hall–Kier alpha value is -1.62. The molecule has 0 aliphatic rings. The van der Waals surface area contributed by atoms with Crippen molar-refractivity contribution < 1.29 is 23.8 Å². The van der Waals surface area contributed by atoms with Crippen LogP contribution in [0.15, 0.2) is 22.8 Å². The van der Waals surface area contributed by atoms with Crippen molar-refractivity contribution in [2.45, 2.75) is 19.4 Å². The minimum Gasteiger partial charge on any atom is -0.463 e. The van der Waals surface area contributed by atoms with Gasteiger partial charge in [-0.05, 0) is 12.1 Å². The number of hydrogen-bond donors (Lipinski definition) is 1. The second kappa shape index (κ2) is 5.31. The highest BCUT2D eigenvalue weighted by atomic mass is 16.5. The van der Waals surface area contributed by atoms with E-state index in [1.165, 1.54) is 19.3 Å². The highest BCUT2D eigenvalue weighted by Gasteiger charge is 2.15. The standard InChI is InChI=1S/C10H12O5/c1-7(11)15-6-8(12)5-9(13)10-3-2-4-14-10/h2-4,8,12H,5-6H2,1H3/t8-/m1/s1. The van der Waals surface area contributed by atoms with Crippen molar-refractivity contribution in [3.8, 4) is 0 Å².